The fraction of sp³-hybridized carbons (Fsp3) is 0.667. The van der Waals surface area contributed by atoms with E-state index >= 15 is 0 Å². The summed E-state index contributed by atoms with van der Waals surface area (Å²) in [7, 11) is 0. The van der Waals surface area contributed by atoms with E-state index in [0.29, 0.717) is 6.61 Å². The fourth-order valence-electron chi connectivity index (χ4n) is 0. The topological polar surface area (TPSA) is 40.1 Å². The number of aliphatic hydroxyl groups is 1. The van der Waals surface area contributed by atoms with E-state index in [0.717, 1.165) is 0 Å². The van der Waals surface area contributed by atoms with Crippen molar-refractivity contribution in [1.82, 2.24) is 0 Å². The molecule has 1 unspecified atom stereocenters. The lowest BCUT2D eigenvalue weighted by molar-refractivity contribution is 0.0887. The molecule has 0 saturated carbocycles. The zero-order valence-electron chi connectivity index (χ0n) is 3.01. The molecule has 0 fully saturated rings. The summed E-state index contributed by atoms with van der Waals surface area (Å²) in [5.41, 5.74) is 0. The third-order valence-corrected chi connectivity index (χ3v) is 0.210. The molecule has 0 amide bonds. The van der Waals surface area contributed by atoms with Gasteiger partial charge in [-0.05, 0) is 6.92 Å². The maximum absolute atomic E-state index is 9.59. The number of hydrogen-bond acceptors (Lipinski definition) is 1. The van der Waals surface area contributed by atoms with E-state index in [9.17, 15) is 5.11 Å². The maximum atomic E-state index is 9.59. The fourth-order valence-corrected chi connectivity index (χ4v) is 0. The Morgan fingerprint density at radius 3 is 2.20 bits per heavy atom. The monoisotopic (exact) mass is 74.0 g/mol. The first-order chi connectivity index (χ1) is 2.27. The van der Waals surface area contributed by atoms with Crippen LogP contribution in [0.3, 0.4) is 0 Å². The highest BCUT2D eigenvalue weighted by atomic mass is 16.3. The second-order valence-corrected chi connectivity index (χ2v) is 0.854. The van der Waals surface area contributed by atoms with Gasteiger partial charge in [0.2, 0.25) is 0 Å². The highest BCUT2D eigenvalue weighted by Gasteiger charge is 1.88. The van der Waals surface area contributed by atoms with Crippen molar-refractivity contribution < 1.29 is 10.2 Å². The minimum atomic E-state index is -0.935. The molecule has 0 saturated heterocycles. The Morgan fingerprint density at radius 1 is 2.00 bits per heavy atom. The first kappa shape index (κ1) is 4.92. The van der Waals surface area contributed by atoms with Crippen molar-refractivity contribution in [3.63, 3.8) is 0 Å². The molecule has 2 radical (unpaired) electrons. The van der Waals surface area contributed by atoms with Crippen molar-refractivity contribution in [2.75, 3.05) is 0 Å². The Labute approximate surface area is 31.1 Å². The average Bonchev–Trinajstić information content (AvgIpc) is 1.38. The highest BCUT2D eigenvalue weighted by Crippen LogP contribution is 1.77. The summed E-state index contributed by atoms with van der Waals surface area (Å²) in [6.07, 6.45) is -0.935. The summed E-state index contributed by atoms with van der Waals surface area (Å²) in [5, 5.41) is 17.3. The zero-order chi connectivity index (χ0) is 4.28. The van der Waals surface area contributed by atoms with Crippen LogP contribution in [0, 0.1) is 6.61 Å². The van der Waals surface area contributed by atoms with Crippen molar-refractivity contribution in [2.24, 2.45) is 0 Å². The summed E-state index contributed by atoms with van der Waals surface area (Å²) in [4.78, 5) is 0. The van der Waals surface area contributed by atoms with E-state index < -0.39 is 6.10 Å². The second kappa shape index (κ2) is 2.18. The Kier molecular flexibility index (Phi) is 2.14. The quantitative estimate of drug-likeness (QED) is 0.478. The summed E-state index contributed by atoms with van der Waals surface area (Å²) in [5.74, 6) is 0. The van der Waals surface area contributed by atoms with Crippen molar-refractivity contribution in [2.45, 2.75) is 13.0 Å². The predicted molar refractivity (Wildman–Crippen MR) is 16.4 cm³/mol. The molecule has 0 aliphatic rings. The molecule has 0 aromatic heterocycles. The molecule has 0 aromatic carbocycles. The summed E-state index contributed by atoms with van der Waals surface area (Å²) < 4.78 is 0. The number of hydrogen-bond donors (Lipinski definition) is 1. The maximum Gasteiger partial charge on any atom is 0.119 e. The molecule has 0 spiro atoms. The molecule has 5 heavy (non-hydrogen) atoms. The zero-order valence-corrected chi connectivity index (χ0v) is 3.01. The van der Waals surface area contributed by atoms with Gasteiger partial charge in [0.05, 0.1) is 0 Å². The normalized spacial score (nSPS) is 15.0. The summed E-state index contributed by atoms with van der Waals surface area (Å²) in [6.45, 7) is 1.97. The van der Waals surface area contributed by atoms with E-state index in [-0.39, 0.29) is 0 Å². The summed E-state index contributed by atoms with van der Waals surface area (Å²) >= 11 is 0. The van der Waals surface area contributed by atoms with E-state index in [1.807, 2.05) is 0 Å². The molecule has 0 bridgehead atoms. The number of rotatable bonds is 1. The Hall–Kier alpha value is -0.0800. The van der Waals surface area contributed by atoms with Gasteiger partial charge in [-0.1, -0.05) is 0 Å². The standard InChI is InChI=1S/C3H6O2/c1-3(5)2-4/h2-4H,1H3. The lowest BCUT2D eigenvalue weighted by atomic mass is 10.5. The number of aliphatic hydroxyl groups excluding tert-OH is 1. The lowest BCUT2D eigenvalue weighted by Gasteiger charge is -1.84. The van der Waals surface area contributed by atoms with E-state index in [1.54, 1.807) is 0 Å². The van der Waals surface area contributed by atoms with Crippen LogP contribution in [0.1, 0.15) is 6.92 Å². The Balaban J connectivity index is 2.54. The van der Waals surface area contributed by atoms with Gasteiger partial charge in [0.1, 0.15) is 12.7 Å². The smallest absolute Gasteiger partial charge is 0.119 e. The third-order valence-electron chi connectivity index (χ3n) is 0.210. The van der Waals surface area contributed by atoms with Crippen LogP contribution in [-0.4, -0.2) is 11.2 Å². The molecule has 1 N–H and O–H groups in total. The third kappa shape index (κ3) is 3.92. The van der Waals surface area contributed by atoms with Gasteiger partial charge < -0.3 is 5.11 Å². The second-order valence-electron chi connectivity index (χ2n) is 0.854. The predicted octanol–water partition coefficient (Wildman–Crippen LogP) is 0.340. The van der Waals surface area contributed by atoms with Crippen molar-refractivity contribution in [3.8, 4) is 0 Å². The largest absolute Gasteiger partial charge is 0.387 e. The van der Waals surface area contributed by atoms with Crippen LogP contribution in [-0.2, 0) is 5.11 Å². The van der Waals surface area contributed by atoms with Gasteiger partial charge in [-0.2, -0.15) is 0 Å². The van der Waals surface area contributed by atoms with Gasteiger partial charge in [0.15, 0.2) is 0 Å². The lowest BCUT2D eigenvalue weighted by Crippen LogP contribution is -1.94. The molecule has 2 heteroatoms. The van der Waals surface area contributed by atoms with Gasteiger partial charge in [0.25, 0.3) is 0 Å². The minimum Gasteiger partial charge on any atom is -0.387 e. The first-order valence-corrected chi connectivity index (χ1v) is 1.40. The average molecular weight is 74.1 g/mol. The molecule has 0 aliphatic heterocycles. The molecule has 30 valence electrons. The molecule has 0 heterocycles. The van der Waals surface area contributed by atoms with Crippen molar-refractivity contribution in [3.05, 3.63) is 6.61 Å². The van der Waals surface area contributed by atoms with Crippen LogP contribution in [0.4, 0.5) is 0 Å². The minimum absolute atomic E-state index is 0.611. The van der Waals surface area contributed by atoms with Crippen LogP contribution in [0.25, 0.3) is 0 Å². The van der Waals surface area contributed by atoms with Crippen LogP contribution in [0.5, 0.6) is 0 Å². The molecule has 0 rings (SSSR count). The van der Waals surface area contributed by atoms with Crippen LogP contribution in [0.15, 0.2) is 0 Å². The van der Waals surface area contributed by atoms with Crippen LogP contribution < -0.4 is 0 Å². The van der Waals surface area contributed by atoms with Crippen molar-refractivity contribution in [1.29, 1.82) is 0 Å². The van der Waals surface area contributed by atoms with Gasteiger partial charge in [-0.15, -0.1) is 0 Å². The molecular formula is C3H6O2. The van der Waals surface area contributed by atoms with Gasteiger partial charge >= 0.3 is 0 Å². The highest BCUT2D eigenvalue weighted by molar-refractivity contribution is 4.50. The molecular weight excluding hydrogens is 68.0 g/mol. The molecule has 1 atom stereocenters. The Bertz CT molecular complexity index is 18.9. The van der Waals surface area contributed by atoms with Gasteiger partial charge in [-0.25, -0.2) is 5.11 Å². The van der Waals surface area contributed by atoms with Crippen LogP contribution in [0.2, 0.25) is 0 Å². The van der Waals surface area contributed by atoms with Crippen molar-refractivity contribution >= 4 is 0 Å². The van der Waals surface area contributed by atoms with Crippen LogP contribution >= 0.6 is 0 Å². The molecule has 2 nitrogen and oxygen atoms in total. The van der Waals surface area contributed by atoms with E-state index in [4.69, 9.17) is 5.11 Å². The first-order valence-electron chi connectivity index (χ1n) is 1.40. The van der Waals surface area contributed by atoms with E-state index in [2.05, 4.69) is 0 Å². The van der Waals surface area contributed by atoms with Gasteiger partial charge in [-0.3, -0.25) is 0 Å². The Morgan fingerprint density at radius 2 is 2.20 bits per heavy atom. The molecule has 0 aliphatic carbocycles. The van der Waals surface area contributed by atoms with E-state index in [1.165, 1.54) is 6.92 Å². The SMILES string of the molecule is CC([O])[CH]O. The van der Waals surface area contributed by atoms with Gasteiger partial charge in [0, 0.05) is 0 Å². The molecule has 0 aromatic rings. The summed E-state index contributed by atoms with van der Waals surface area (Å²) in [6, 6.07) is 0.